The van der Waals surface area contributed by atoms with Crippen molar-refractivity contribution in [2.75, 3.05) is 31.7 Å². The summed E-state index contributed by atoms with van der Waals surface area (Å²) in [6.45, 7) is 4.00. The summed E-state index contributed by atoms with van der Waals surface area (Å²) in [6.07, 6.45) is -2.69. The van der Waals surface area contributed by atoms with E-state index in [2.05, 4.69) is 10.3 Å². The maximum absolute atomic E-state index is 12.9. The van der Waals surface area contributed by atoms with Crippen LogP contribution in [0.4, 0.5) is 19.0 Å². The summed E-state index contributed by atoms with van der Waals surface area (Å²) >= 11 is 0. The van der Waals surface area contributed by atoms with Gasteiger partial charge in [-0.3, -0.25) is 0 Å². The summed E-state index contributed by atoms with van der Waals surface area (Å²) in [4.78, 5) is 4.06. The lowest BCUT2D eigenvalue weighted by atomic mass is 10.0. The lowest BCUT2D eigenvalue weighted by molar-refractivity contribution is -0.137. The molecule has 1 aromatic rings. The molecule has 21 heavy (non-hydrogen) atoms. The molecule has 0 saturated carbocycles. The van der Waals surface area contributed by atoms with Gasteiger partial charge in [0.05, 0.1) is 12.2 Å². The Bertz CT molecular complexity index is 460. The number of alkyl halides is 3. The van der Waals surface area contributed by atoms with Crippen molar-refractivity contribution in [2.24, 2.45) is 5.92 Å². The van der Waals surface area contributed by atoms with Gasteiger partial charge >= 0.3 is 6.18 Å². The molecule has 0 aliphatic carbocycles. The van der Waals surface area contributed by atoms with Crippen LogP contribution in [0, 0.1) is 5.92 Å². The molecule has 0 radical (unpaired) electrons. The second-order valence-corrected chi connectivity index (χ2v) is 4.97. The average molecular weight is 304 g/mol. The van der Waals surface area contributed by atoms with Gasteiger partial charge in [0, 0.05) is 25.8 Å². The average Bonchev–Trinajstić information content (AvgIpc) is 2.45. The fourth-order valence-corrected chi connectivity index (χ4v) is 2.13. The van der Waals surface area contributed by atoms with E-state index >= 15 is 0 Å². The van der Waals surface area contributed by atoms with E-state index in [1.165, 1.54) is 0 Å². The van der Waals surface area contributed by atoms with Crippen LogP contribution in [0.15, 0.2) is 12.1 Å². The molecule has 1 aromatic heterocycles. The lowest BCUT2D eigenvalue weighted by Crippen LogP contribution is -2.22. The Balaban J connectivity index is 2.07. The summed E-state index contributed by atoms with van der Waals surface area (Å²) in [6, 6.07) is 1.94. The van der Waals surface area contributed by atoms with Crippen LogP contribution in [-0.2, 0) is 10.9 Å². The molecular formula is C14H19F3N2O2. The molecule has 0 amide bonds. The van der Waals surface area contributed by atoms with E-state index in [0.29, 0.717) is 32.3 Å². The Morgan fingerprint density at radius 2 is 2.05 bits per heavy atom. The Labute approximate surface area is 121 Å². The lowest BCUT2D eigenvalue weighted by Gasteiger charge is -2.22. The van der Waals surface area contributed by atoms with Gasteiger partial charge in [-0.15, -0.1) is 0 Å². The number of nitrogens with one attached hydrogen (secondary N) is 1. The Kier molecular flexibility index (Phi) is 5.27. The van der Waals surface area contributed by atoms with Gasteiger partial charge in [0.25, 0.3) is 0 Å². The van der Waals surface area contributed by atoms with E-state index in [0.717, 1.165) is 25.0 Å². The molecule has 2 heterocycles. The van der Waals surface area contributed by atoms with E-state index in [1.807, 2.05) is 0 Å². The molecule has 0 aromatic carbocycles. The summed E-state index contributed by atoms with van der Waals surface area (Å²) in [5.74, 6) is 0.485. The van der Waals surface area contributed by atoms with Crippen molar-refractivity contribution in [3.8, 4) is 5.88 Å². The first-order chi connectivity index (χ1) is 9.99. The van der Waals surface area contributed by atoms with Gasteiger partial charge in [0.1, 0.15) is 5.82 Å². The van der Waals surface area contributed by atoms with E-state index in [9.17, 15) is 13.2 Å². The number of halogens is 3. The third-order valence-corrected chi connectivity index (χ3v) is 3.29. The van der Waals surface area contributed by atoms with Gasteiger partial charge in [-0.2, -0.15) is 18.2 Å². The van der Waals surface area contributed by atoms with Gasteiger partial charge in [-0.1, -0.05) is 0 Å². The van der Waals surface area contributed by atoms with Crippen LogP contribution in [0.1, 0.15) is 25.3 Å². The molecule has 1 saturated heterocycles. The van der Waals surface area contributed by atoms with E-state index in [-0.39, 0.29) is 11.7 Å². The van der Waals surface area contributed by atoms with Gasteiger partial charge in [0.2, 0.25) is 5.88 Å². The number of aromatic nitrogens is 1. The topological polar surface area (TPSA) is 43.4 Å². The van der Waals surface area contributed by atoms with Crippen LogP contribution in [0.3, 0.4) is 0 Å². The first-order valence-corrected chi connectivity index (χ1v) is 7.02. The van der Waals surface area contributed by atoms with Crippen molar-refractivity contribution in [1.82, 2.24) is 4.98 Å². The molecule has 1 N–H and O–H groups in total. The number of hydrogen-bond acceptors (Lipinski definition) is 4. The van der Waals surface area contributed by atoms with Gasteiger partial charge in [-0.05, 0) is 31.7 Å². The SMILES string of the molecule is CCNc1cc(C(F)(F)F)cc(OCC2CCOCC2)n1. The summed E-state index contributed by atoms with van der Waals surface area (Å²) in [5.41, 5.74) is -0.754. The highest BCUT2D eigenvalue weighted by atomic mass is 19.4. The number of pyridine rings is 1. The van der Waals surface area contributed by atoms with Crippen LogP contribution in [0.5, 0.6) is 5.88 Å². The second-order valence-electron chi connectivity index (χ2n) is 4.97. The van der Waals surface area contributed by atoms with E-state index in [1.54, 1.807) is 6.92 Å². The van der Waals surface area contributed by atoms with Crippen molar-refractivity contribution in [3.63, 3.8) is 0 Å². The van der Waals surface area contributed by atoms with Crippen molar-refractivity contribution in [1.29, 1.82) is 0 Å². The molecule has 0 bridgehead atoms. The molecule has 2 rings (SSSR count). The van der Waals surface area contributed by atoms with Crippen LogP contribution < -0.4 is 10.1 Å². The monoisotopic (exact) mass is 304 g/mol. The van der Waals surface area contributed by atoms with Crippen LogP contribution in [0.2, 0.25) is 0 Å². The first-order valence-electron chi connectivity index (χ1n) is 7.02. The Hall–Kier alpha value is -1.50. The molecule has 1 aliphatic rings. The zero-order chi connectivity index (χ0) is 15.3. The molecule has 1 aliphatic heterocycles. The normalized spacial score (nSPS) is 16.8. The molecule has 4 nitrogen and oxygen atoms in total. The molecule has 1 fully saturated rings. The largest absolute Gasteiger partial charge is 0.477 e. The van der Waals surface area contributed by atoms with Crippen molar-refractivity contribution in [2.45, 2.75) is 25.9 Å². The van der Waals surface area contributed by atoms with Crippen LogP contribution in [-0.4, -0.2) is 31.3 Å². The number of hydrogen-bond donors (Lipinski definition) is 1. The Morgan fingerprint density at radius 1 is 1.33 bits per heavy atom. The second kappa shape index (κ2) is 6.98. The zero-order valence-corrected chi connectivity index (χ0v) is 11.9. The molecule has 7 heteroatoms. The quantitative estimate of drug-likeness (QED) is 0.906. The number of anilines is 1. The Morgan fingerprint density at radius 3 is 2.67 bits per heavy atom. The fraction of sp³-hybridized carbons (Fsp3) is 0.643. The van der Waals surface area contributed by atoms with Crippen molar-refractivity contribution in [3.05, 3.63) is 17.7 Å². The van der Waals surface area contributed by atoms with Gasteiger partial charge in [0.15, 0.2) is 0 Å². The minimum Gasteiger partial charge on any atom is -0.477 e. The third-order valence-electron chi connectivity index (χ3n) is 3.29. The first kappa shape index (κ1) is 15.9. The fourth-order valence-electron chi connectivity index (χ4n) is 2.13. The molecule has 0 spiro atoms. The predicted octanol–water partition coefficient (Wildman–Crippen LogP) is 3.34. The molecule has 118 valence electrons. The van der Waals surface area contributed by atoms with Gasteiger partial charge in [-0.25, -0.2) is 0 Å². The van der Waals surface area contributed by atoms with E-state index < -0.39 is 11.7 Å². The summed E-state index contributed by atoms with van der Waals surface area (Å²) in [7, 11) is 0. The van der Waals surface area contributed by atoms with Crippen LogP contribution in [0.25, 0.3) is 0 Å². The maximum Gasteiger partial charge on any atom is 0.416 e. The van der Waals surface area contributed by atoms with Crippen molar-refractivity contribution < 1.29 is 22.6 Å². The van der Waals surface area contributed by atoms with Gasteiger partial charge < -0.3 is 14.8 Å². The molecular weight excluding hydrogens is 285 g/mol. The predicted molar refractivity (Wildman–Crippen MR) is 72.4 cm³/mol. The molecule has 0 atom stereocenters. The highest BCUT2D eigenvalue weighted by molar-refractivity contribution is 5.42. The highest BCUT2D eigenvalue weighted by Gasteiger charge is 2.32. The molecule has 0 unspecified atom stereocenters. The maximum atomic E-state index is 12.9. The van der Waals surface area contributed by atoms with Crippen molar-refractivity contribution >= 4 is 5.82 Å². The summed E-state index contributed by atoms with van der Waals surface area (Å²) in [5, 5.41) is 2.79. The zero-order valence-electron chi connectivity index (χ0n) is 11.9. The standard InChI is InChI=1S/C14H19F3N2O2/c1-2-18-12-7-11(14(15,16)17)8-13(19-12)21-9-10-3-5-20-6-4-10/h7-8,10H,2-6,9H2,1H3,(H,18,19). The number of ether oxygens (including phenoxy) is 2. The summed E-state index contributed by atoms with van der Waals surface area (Å²) < 4.78 is 49.3. The third kappa shape index (κ3) is 4.77. The number of rotatable bonds is 5. The minimum absolute atomic E-state index is 0.00673. The highest BCUT2D eigenvalue weighted by Crippen LogP contribution is 2.32. The van der Waals surface area contributed by atoms with Crippen LogP contribution >= 0.6 is 0 Å². The number of nitrogens with zero attached hydrogens (tertiary/aromatic N) is 1. The smallest absolute Gasteiger partial charge is 0.416 e. The minimum atomic E-state index is -4.41. The van der Waals surface area contributed by atoms with E-state index in [4.69, 9.17) is 9.47 Å².